The number of likely N-dealkylation sites (N-methyl/N-ethyl adjacent to an activating group) is 1. The summed E-state index contributed by atoms with van der Waals surface area (Å²) in [5.41, 5.74) is 0.837. The summed E-state index contributed by atoms with van der Waals surface area (Å²) in [6, 6.07) is 2.62. The second-order valence-electron chi connectivity index (χ2n) is 4.94. The molecule has 1 saturated heterocycles. The third-order valence-corrected chi connectivity index (χ3v) is 3.77. The Bertz CT molecular complexity index is 485. The monoisotopic (exact) mass is 268 g/mol. The zero-order chi connectivity index (χ0) is 14.0. The van der Waals surface area contributed by atoms with Gasteiger partial charge in [-0.05, 0) is 19.9 Å². The van der Waals surface area contributed by atoms with Crippen molar-refractivity contribution in [3.05, 3.63) is 33.6 Å². The van der Waals surface area contributed by atoms with Crippen LogP contribution in [0, 0.1) is 22.9 Å². The highest BCUT2D eigenvalue weighted by Crippen LogP contribution is 2.27. The predicted molar refractivity (Wildman–Crippen MR) is 71.2 cm³/mol. The molecule has 0 aliphatic carbocycles. The fourth-order valence-corrected chi connectivity index (χ4v) is 2.51. The maximum atomic E-state index is 14.0. The van der Waals surface area contributed by atoms with Gasteiger partial charge in [0.25, 0.3) is 5.69 Å². The fourth-order valence-electron chi connectivity index (χ4n) is 2.51. The quantitative estimate of drug-likeness (QED) is 0.650. The van der Waals surface area contributed by atoms with Crippen LogP contribution in [-0.2, 0) is 0 Å². The Morgan fingerprint density at radius 1 is 1.42 bits per heavy atom. The Kier molecular flexibility index (Phi) is 3.99. The van der Waals surface area contributed by atoms with E-state index in [9.17, 15) is 14.5 Å². The van der Waals surface area contributed by atoms with Crippen LogP contribution in [0.4, 0.5) is 15.8 Å². The molecule has 0 unspecified atom stereocenters. The molecule has 1 aromatic rings. The highest BCUT2D eigenvalue weighted by molar-refractivity contribution is 5.56. The summed E-state index contributed by atoms with van der Waals surface area (Å²) in [7, 11) is 0. The molecule has 0 radical (unpaired) electrons. The molecule has 0 aromatic heterocycles. The van der Waals surface area contributed by atoms with Crippen LogP contribution in [-0.4, -0.2) is 37.6 Å². The third-order valence-electron chi connectivity index (χ3n) is 3.77. The fraction of sp³-hybridized carbons (Fsp3) is 0.538. The topological polar surface area (TPSA) is 50.8 Å². The molecule has 1 aliphatic rings. The Morgan fingerprint density at radius 3 is 2.58 bits per heavy atom. The lowest BCUT2D eigenvalue weighted by Crippen LogP contribution is -3.14. The van der Waals surface area contributed by atoms with E-state index in [1.165, 1.54) is 4.90 Å². The van der Waals surface area contributed by atoms with Crippen molar-refractivity contribution < 1.29 is 14.2 Å². The molecule has 1 heterocycles. The molecule has 1 fully saturated rings. The number of nitro benzene ring substituents is 1. The van der Waals surface area contributed by atoms with E-state index in [0.29, 0.717) is 11.3 Å². The number of benzene rings is 1. The van der Waals surface area contributed by atoms with Crippen LogP contribution in [0.25, 0.3) is 0 Å². The average molecular weight is 268 g/mol. The molecule has 104 valence electrons. The molecular weight excluding hydrogens is 249 g/mol. The van der Waals surface area contributed by atoms with Crippen molar-refractivity contribution in [2.24, 2.45) is 0 Å². The van der Waals surface area contributed by atoms with Crippen LogP contribution in [0.15, 0.2) is 12.1 Å². The molecule has 6 heteroatoms. The number of nitro groups is 1. The molecule has 19 heavy (non-hydrogen) atoms. The lowest BCUT2D eigenvalue weighted by atomic mass is 10.1. The molecule has 0 saturated carbocycles. The first-order chi connectivity index (χ1) is 9.02. The summed E-state index contributed by atoms with van der Waals surface area (Å²) >= 11 is 0. The molecule has 0 spiro atoms. The summed E-state index contributed by atoms with van der Waals surface area (Å²) in [6.45, 7) is 8.40. The molecule has 1 aliphatic heterocycles. The van der Waals surface area contributed by atoms with Gasteiger partial charge in [-0.1, -0.05) is 0 Å². The second-order valence-corrected chi connectivity index (χ2v) is 4.94. The van der Waals surface area contributed by atoms with E-state index < -0.39 is 10.7 Å². The predicted octanol–water partition coefficient (Wildman–Crippen LogP) is 0.767. The highest BCUT2D eigenvalue weighted by Gasteiger charge is 2.23. The number of aryl methyl sites for hydroxylation is 1. The molecule has 0 atom stereocenters. The smallest absolute Gasteiger partial charge is 0.275 e. The van der Waals surface area contributed by atoms with Crippen molar-refractivity contribution in [2.45, 2.75) is 13.8 Å². The minimum Gasteiger partial charge on any atom is -0.358 e. The maximum absolute atomic E-state index is 14.0. The molecule has 0 amide bonds. The van der Waals surface area contributed by atoms with E-state index in [4.69, 9.17) is 0 Å². The summed E-state index contributed by atoms with van der Waals surface area (Å²) in [6.07, 6.45) is 0. The first-order valence-corrected chi connectivity index (χ1v) is 6.56. The van der Waals surface area contributed by atoms with Crippen molar-refractivity contribution >= 4 is 11.4 Å². The Labute approximate surface area is 111 Å². The molecule has 0 bridgehead atoms. The molecular formula is C13H19FN3O2+. The van der Waals surface area contributed by atoms with Crippen molar-refractivity contribution in [2.75, 3.05) is 37.6 Å². The summed E-state index contributed by atoms with van der Waals surface area (Å²) in [4.78, 5) is 13.7. The van der Waals surface area contributed by atoms with Crippen molar-refractivity contribution in [3.63, 3.8) is 0 Å². The van der Waals surface area contributed by atoms with E-state index in [1.54, 1.807) is 13.0 Å². The number of rotatable bonds is 3. The van der Waals surface area contributed by atoms with E-state index in [1.807, 2.05) is 4.90 Å². The van der Waals surface area contributed by atoms with Gasteiger partial charge in [-0.25, -0.2) is 4.39 Å². The van der Waals surface area contributed by atoms with E-state index in [2.05, 4.69) is 6.92 Å². The Balaban J connectivity index is 2.22. The van der Waals surface area contributed by atoms with Crippen molar-refractivity contribution in [1.82, 2.24) is 0 Å². The number of quaternary nitrogens is 1. The van der Waals surface area contributed by atoms with Gasteiger partial charge < -0.3 is 9.80 Å². The van der Waals surface area contributed by atoms with Gasteiger partial charge in [0.1, 0.15) is 0 Å². The number of anilines is 1. The Morgan fingerprint density at radius 2 is 2.05 bits per heavy atom. The van der Waals surface area contributed by atoms with Crippen LogP contribution in [0.3, 0.4) is 0 Å². The summed E-state index contributed by atoms with van der Waals surface area (Å²) in [5, 5.41) is 10.8. The number of halogens is 1. The number of hydrogen-bond acceptors (Lipinski definition) is 3. The first-order valence-electron chi connectivity index (χ1n) is 6.56. The normalized spacial score (nSPS) is 16.7. The molecule has 5 nitrogen and oxygen atoms in total. The van der Waals surface area contributed by atoms with E-state index in [0.717, 1.165) is 38.8 Å². The van der Waals surface area contributed by atoms with Crippen LogP contribution in [0.5, 0.6) is 0 Å². The molecule has 1 N–H and O–H groups in total. The van der Waals surface area contributed by atoms with E-state index >= 15 is 0 Å². The second kappa shape index (κ2) is 5.52. The van der Waals surface area contributed by atoms with Gasteiger partial charge in [0.2, 0.25) is 0 Å². The lowest BCUT2D eigenvalue weighted by molar-refractivity contribution is -0.898. The highest BCUT2D eigenvalue weighted by atomic mass is 19.1. The van der Waals surface area contributed by atoms with Gasteiger partial charge in [0.15, 0.2) is 5.82 Å². The standard InChI is InChI=1S/C13H18FN3O2/c1-3-15-4-6-16(7-5-15)13-8-10(2)12(17(18)19)9-11(13)14/h8-9H,3-7H2,1-2H3/p+1. The van der Waals surface area contributed by atoms with Crippen LogP contribution in [0.1, 0.15) is 12.5 Å². The number of nitrogens with zero attached hydrogens (tertiary/aromatic N) is 2. The van der Waals surface area contributed by atoms with Gasteiger partial charge in [-0.2, -0.15) is 0 Å². The van der Waals surface area contributed by atoms with Gasteiger partial charge in [-0.15, -0.1) is 0 Å². The first kappa shape index (κ1) is 13.7. The largest absolute Gasteiger partial charge is 0.358 e. The van der Waals surface area contributed by atoms with Crippen LogP contribution < -0.4 is 9.80 Å². The number of piperazine rings is 1. The molecule has 1 aromatic carbocycles. The molecule has 2 rings (SSSR count). The van der Waals surface area contributed by atoms with Crippen LogP contribution >= 0.6 is 0 Å². The zero-order valence-corrected chi connectivity index (χ0v) is 11.3. The van der Waals surface area contributed by atoms with Gasteiger partial charge in [0.05, 0.1) is 49.4 Å². The minimum absolute atomic E-state index is 0.154. The van der Waals surface area contributed by atoms with Gasteiger partial charge in [0, 0.05) is 5.56 Å². The van der Waals surface area contributed by atoms with Crippen molar-refractivity contribution in [1.29, 1.82) is 0 Å². The average Bonchev–Trinajstić information content (AvgIpc) is 2.41. The van der Waals surface area contributed by atoms with Crippen LogP contribution in [0.2, 0.25) is 0 Å². The number of nitrogens with one attached hydrogen (secondary N) is 1. The van der Waals surface area contributed by atoms with Gasteiger partial charge in [-0.3, -0.25) is 10.1 Å². The maximum Gasteiger partial charge on any atom is 0.275 e. The lowest BCUT2D eigenvalue weighted by Gasteiger charge is -2.33. The van der Waals surface area contributed by atoms with Crippen molar-refractivity contribution in [3.8, 4) is 0 Å². The summed E-state index contributed by atoms with van der Waals surface area (Å²) < 4.78 is 14.0. The SMILES string of the molecule is CC[NH+]1CCN(c2cc(C)c([N+](=O)[O-])cc2F)CC1. The third kappa shape index (κ3) is 2.84. The minimum atomic E-state index is -0.540. The number of hydrogen-bond donors (Lipinski definition) is 1. The van der Waals surface area contributed by atoms with E-state index in [-0.39, 0.29) is 5.69 Å². The Hall–Kier alpha value is -1.69. The summed E-state index contributed by atoms with van der Waals surface area (Å²) in [5.74, 6) is -0.503. The van der Waals surface area contributed by atoms with Gasteiger partial charge >= 0.3 is 0 Å². The zero-order valence-electron chi connectivity index (χ0n) is 11.3.